The Labute approximate surface area is 149 Å². The maximum absolute atomic E-state index is 13.2. The van der Waals surface area contributed by atoms with Crippen LogP contribution in [0.1, 0.15) is 50.5 Å². The van der Waals surface area contributed by atoms with Crippen LogP contribution in [0.5, 0.6) is 0 Å². The van der Waals surface area contributed by atoms with Crippen molar-refractivity contribution >= 4 is 17.5 Å². The van der Waals surface area contributed by atoms with Gasteiger partial charge in [-0.3, -0.25) is 4.79 Å². The Balaban J connectivity index is 1.47. The molecule has 0 saturated heterocycles. The second kappa shape index (κ2) is 6.68. The van der Waals surface area contributed by atoms with Gasteiger partial charge in [0.25, 0.3) is 0 Å². The van der Waals surface area contributed by atoms with Gasteiger partial charge < -0.3 is 10.6 Å². The van der Waals surface area contributed by atoms with E-state index in [1.807, 2.05) is 24.3 Å². The fourth-order valence-corrected chi connectivity index (χ4v) is 4.91. The van der Waals surface area contributed by atoms with E-state index in [2.05, 4.69) is 4.90 Å². The molecule has 0 aliphatic heterocycles. The first-order valence-corrected chi connectivity index (χ1v) is 9.80. The molecule has 0 heterocycles. The molecule has 2 bridgehead atoms. The second-order valence-electron chi connectivity index (χ2n) is 8.02. The molecule has 2 unspecified atom stereocenters. The molecule has 4 rings (SSSR count). The highest BCUT2D eigenvalue weighted by Crippen LogP contribution is 2.43. The summed E-state index contributed by atoms with van der Waals surface area (Å²) >= 11 is 5.98. The Kier molecular flexibility index (Phi) is 4.57. The quantitative estimate of drug-likeness (QED) is 0.896. The number of amides is 1. The fourth-order valence-electron chi connectivity index (χ4n) is 4.78. The third kappa shape index (κ3) is 3.34. The van der Waals surface area contributed by atoms with Crippen LogP contribution in [0, 0.1) is 17.8 Å². The lowest BCUT2D eigenvalue weighted by Crippen LogP contribution is -2.50. The molecule has 2 N–H and O–H groups in total. The first kappa shape index (κ1) is 16.4. The number of carbonyl (C=O) groups is 1. The van der Waals surface area contributed by atoms with Crippen molar-refractivity contribution < 1.29 is 4.79 Å². The van der Waals surface area contributed by atoms with Gasteiger partial charge in [-0.05, 0) is 68.1 Å². The number of halogens is 1. The van der Waals surface area contributed by atoms with Gasteiger partial charge in [0.2, 0.25) is 5.91 Å². The van der Waals surface area contributed by atoms with E-state index in [1.165, 1.54) is 24.8 Å². The summed E-state index contributed by atoms with van der Waals surface area (Å²) < 4.78 is 0. The van der Waals surface area contributed by atoms with E-state index in [0.717, 1.165) is 37.3 Å². The third-order valence-electron chi connectivity index (χ3n) is 6.30. The normalized spacial score (nSPS) is 32.4. The lowest BCUT2D eigenvalue weighted by molar-refractivity contribution is -0.140. The summed E-state index contributed by atoms with van der Waals surface area (Å²) in [6.07, 6.45) is 8.02. The van der Waals surface area contributed by atoms with Crippen molar-refractivity contribution in [3.63, 3.8) is 0 Å². The summed E-state index contributed by atoms with van der Waals surface area (Å²) in [7, 11) is 0. The molecule has 0 spiro atoms. The van der Waals surface area contributed by atoms with Gasteiger partial charge in [0.05, 0.1) is 0 Å². The average Bonchev–Trinajstić information content (AvgIpc) is 3.38. The molecule has 24 heavy (non-hydrogen) atoms. The summed E-state index contributed by atoms with van der Waals surface area (Å²) in [5.41, 5.74) is 7.57. The van der Waals surface area contributed by atoms with Crippen LogP contribution < -0.4 is 5.73 Å². The first-order chi connectivity index (χ1) is 11.6. The van der Waals surface area contributed by atoms with E-state index in [-0.39, 0.29) is 5.92 Å². The van der Waals surface area contributed by atoms with Crippen molar-refractivity contribution in [2.24, 2.45) is 23.5 Å². The topological polar surface area (TPSA) is 46.3 Å². The predicted octanol–water partition coefficient (Wildman–Crippen LogP) is 3.98. The Morgan fingerprint density at radius 2 is 1.71 bits per heavy atom. The van der Waals surface area contributed by atoms with E-state index in [4.69, 9.17) is 17.3 Å². The molecular weight excluding hydrogens is 320 g/mol. The number of carbonyl (C=O) groups excluding carboxylic acids is 1. The SMILES string of the molecule is NC1C2CCCC1CC(C(=O)N(Cc1ccc(Cl)cc1)C1CC1)C2. The Hall–Kier alpha value is -1.06. The summed E-state index contributed by atoms with van der Waals surface area (Å²) in [6.45, 7) is 0.721. The van der Waals surface area contributed by atoms with Crippen molar-refractivity contribution in [1.29, 1.82) is 0 Å². The molecule has 0 radical (unpaired) electrons. The van der Waals surface area contributed by atoms with Crippen LogP contribution in [0.2, 0.25) is 5.02 Å². The van der Waals surface area contributed by atoms with Crippen LogP contribution in [0.3, 0.4) is 0 Å². The third-order valence-corrected chi connectivity index (χ3v) is 6.55. The summed E-state index contributed by atoms with van der Waals surface area (Å²) in [5.74, 6) is 1.68. The number of nitrogens with zero attached hydrogens (tertiary/aromatic N) is 1. The number of hydrogen-bond donors (Lipinski definition) is 1. The van der Waals surface area contributed by atoms with Crippen molar-refractivity contribution in [3.8, 4) is 0 Å². The Bertz CT molecular complexity index is 584. The number of fused-ring (bicyclic) bond motifs is 2. The van der Waals surface area contributed by atoms with Gasteiger partial charge in [-0.15, -0.1) is 0 Å². The first-order valence-electron chi connectivity index (χ1n) is 9.42. The molecule has 4 heteroatoms. The van der Waals surface area contributed by atoms with Gasteiger partial charge in [-0.1, -0.05) is 30.2 Å². The van der Waals surface area contributed by atoms with Gasteiger partial charge in [-0.25, -0.2) is 0 Å². The largest absolute Gasteiger partial charge is 0.335 e. The fraction of sp³-hybridized carbons (Fsp3) is 0.650. The summed E-state index contributed by atoms with van der Waals surface area (Å²) in [4.78, 5) is 15.4. The molecule has 3 nitrogen and oxygen atoms in total. The molecule has 1 aromatic carbocycles. The van der Waals surface area contributed by atoms with Crippen LogP contribution in [-0.4, -0.2) is 22.9 Å². The van der Waals surface area contributed by atoms with Gasteiger partial charge >= 0.3 is 0 Å². The molecule has 3 aliphatic rings. The van der Waals surface area contributed by atoms with Gasteiger partial charge in [-0.2, -0.15) is 0 Å². The maximum atomic E-state index is 13.2. The monoisotopic (exact) mass is 346 g/mol. The van der Waals surface area contributed by atoms with Crippen molar-refractivity contribution in [2.75, 3.05) is 0 Å². The van der Waals surface area contributed by atoms with E-state index in [0.29, 0.717) is 29.8 Å². The van der Waals surface area contributed by atoms with E-state index < -0.39 is 0 Å². The number of benzene rings is 1. The molecule has 3 aliphatic carbocycles. The van der Waals surface area contributed by atoms with Gasteiger partial charge in [0.1, 0.15) is 0 Å². The smallest absolute Gasteiger partial charge is 0.226 e. The molecule has 130 valence electrons. The minimum Gasteiger partial charge on any atom is -0.335 e. The summed E-state index contributed by atoms with van der Waals surface area (Å²) in [6, 6.07) is 8.68. The number of hydrogen-bond acceptors (Lipinski definition) is 2. The van der Waals surface area contributed by atoms with Crippen LogP contribution in [0.15, 0.2) is 24.3 Å². The average molecular weight is 347 g/mol. The lowest BCUT2D eigenvalue weighted by Gasteiger charge is -2.44. The Morgan fingerprint density at radius 1 is 1.08 bits per heavy atom. The molecule has 0 aromatic heterocycles. The zero-order chi connectivity index (χ0) is 16.7. The minimum atomic E-state index is 0.188. The highest BCUT2D eigenvalue weighted by molar-refractivity contribution is 6.30. The second-order valence-corrected chi connectivity index (χ2v) is 8.46. The van der Waals surface area contributed by atoms with Gasteiger partial charge in [0, 0.05) is 29.6 Å². The number of rotatable bonds is 4. The zero-order valence-electron chi connectivity index (χ0n) is 14.2. The van der Waals surface area contributed by atoms with Crippen molar-refractivity contribution in [1.82, 2.24) is 4.90 Å². The standard InChI is InChI=1S/C20H27ClN2O/c21-17-6-4-13(5-7-17)12-23(18-8-9-18)20(24)16-10-14-2-1-3-15(11-16)19(14)22/h4-7,14-16,18-19H,1-3,8-12,22H2. The molecule has 1 amide bonds. The lowest BCUT2D eigenvalue weighted by atomic mass is 9.65. The molecule has 3 saturated carbocycles. The highest BCUT2D eigenvalue weighted by atomic mass is 35.5. The van der Waals surface area contributed by atoms with E-state index >= 15 is 0 Å². The summed E-state index contributed by atoms with van der Waals surface area (Å²) in [5, 5.41) is 0.747. The van der Waals surface area contributed by atoms with E-state index in [1.54, 1.807) is 0 Å². The molecular formula is C20H27ClN2O. The van der Waals surface area contributed by atoms with Crippen LogP contribution in [-0.2, 0) is 11.3 Å². The zero-order valence-corrected chi connectivity index (χ0v) is 14.9. The maximum Gasteiger partial charge on any atom is 0.226 e. The van der Waals surface area contributed by atoms with Gasteiger partial charge in [0.15, 0.2) is 0 Å². The Morgan fingerprint density at radius 3 is 2.29 bits per heavy atom. The molecule has 2 atom stereocenters. The number of nitrogens with two attached hydrogens (primary N) is 1. The molecule has 1 aromatic rings. The van der Waals surface area contributed by atoms with Crippen LogP contribution in [0.4, 0.5) is 0 Å². The predicted molar refractivity (Wildman–Crippen MR) is 96.6 cm³/mol. The minimum absolute atomic E-state index is 0.188. The van der Waals surface area contributed by atoms with Crippen molar-refractivity contribution in [2.45, 2.75) is 63.6 Å². The van der Waals surface area contributed by atoms with Crippen LogP contribution in [0.25, 0.3) is 0 Å². The van der Waals surface area contributed by atoms with Crippen LogP contribution >= 0.6 is 11.6 Å². The van der Waals surface area contributed by atoms with E-state index in [9.17, 15) is 4.79 Å². The molecule has 3 fully saturated rings. The highest BCUT2D eigenvalue weighted by Gasteiger charge is 2.43. The van der Waals surface area contributed by atoms with Crippen molar-refractivity contribution in [3.05, 3.63) is 34.9 Å².